The van der Waals surface area contributed by atoms with Crippen molar-refractivity contribution in [1.29, 1.82) is 0 Å². The zero-order valence-electron chi connectivity index (χ0n) is 36.0. The lowest BCUT2D eigenvalue weighted by atomic mass is 10.0. The Labute approximate surface area is 329 Å². The highest BCUT2D eigenvalue weighted by Crippen LogP contribution is 2.16. The fourth-order valence-corrected chi connectivity index (χ4v) is 6.98. The predicted octanol–water partition coefficient (Wildman–Crippen LogP) is 14.7. The minimum Gasteiger partial charge on any atom is -0.462 e. The molecule has 0 aromatic heterocycles. The van der Waals surface area contributed by atoms with Crippen LogP contribution in [0.5, 0.6) is 0 Å². The van der Waals surface area contributed by atoms with Gasteiger partial charge in [-0.2, -0.15) is 0 Å². The molecule has 0 aliphatic heterocycles. The first kappa shape index (κ1) is 51.4. The van der Waals surface area contributed by atoms with Crippen molar-refractivity contribution in [2.45, 2.75) is 265 Å². The molecule has 0 aromatic rings. The van der Waals surface area contributed by atoms with E-state index in [9.17, 15) is 14.4 Å². The van der Waals surface area contributed by atoms with Crippen molar-refractivity contribution < 1.29 is 28.6 Å². The summed E-state index contributed by atoms with van der Waals surface area (Å²) in [6, 6.07) is 0. The molecule has 1 atom stereocenters. The molecular weight excluding hydrogens is 661 g/mol. The minimum absolute atomic E-state index is 0.0638. The van der Waals surface area contributed by atoms with Gasteiger partial charge >= 0.3 is 17.9 Å². The van der Waals surface area contributed by atoms with Crippen LogP contribution in [0.2, 0.25) is 0 Å². The van der Waals surface area contributed by atoms with Crippen LogP contribution in [-0.4, -0.2) is 37.2 Å². The monoisotopic (exact) mass is 751 g/mol. The summed E-state index contributed by atoms with van der Waals surface area (Å²) in [6.07, 6.45) is 41.0. The molecule has 0 unspecified atom stereocenters. The maximum atomic E-state index is 12.7. The van der Waals surface area contributed by atoms with Crippen LogP contribution in [0.25, 0.3) is 0 Å². The Morgan fingerprint density at radius 1 is 0.358 bits per heavy atom. The zero-order chi connectivity index (χ0) is 38.9. The lowest BCUT2D eigenvalue weighted by Crippen LogP contribution is -2.30. The van der Waals surface area contributed by atoms with Crippen molar-refractivity contribution in [3.8, 4) is 0 Å². The van der Waals surface area contributed by atoms with E-state index >= 15 is 0 Å². The summed E-state index contributed by atoms with van der Waals surface area (Å²) in [5.74, 6) is -0.0141. The molecule has 0 saturated heterocycles. The number of ether oxygens (including phenoxy) is 3. The second kappa shape index (κ2) is 41.6. The van der Waals surface area contributed by atoms with Crippen molar-refractivity contribution in [2.75, 3.05) is 13.2 Å². The largest absolute Gasteiger partial charge is 0.462 e. The molecule has 6 nitrogen and oxygen atoms in total. The van der Waals surface area contributed by atoms with Crippen LogP contribution in [0.4, 0.5) is 0 Å². The first-order chi connectivity index (χ1) is 25.9. The molecule has 0 radical (unpaired) electrons. The summed E-state index contributed by atoms with van der Waals surface area (Å²) in [5.41, 5.74) is 0. The number of esters is 3. The average molecular weight is 751 g/mol. The number of carbonyl (C=O) groups excluding carboxylic acids is 3. The smallest absolute Gasteiger partial charge is 0.306 e. The third kappa shape index (κ3) is 41.4. The number of unbranched alkanes of at least 4 members (excludes halogenated alkanes) is 29. The summed E-state index contributed by atoms with van der Waals surface area (Å²) in [4.78, 5) is 37.6. The van der Waals surface area contributed by atoms with E-state index in [-0.39, 0.29) is 31.1 Å². The molecule has 0 fully saturated rings. The van der Waals surface area contributed by atoms with Crippen LogP contribution in [0.3, 0.4) is 0 Å². The molecule has 0 amide bonds. The van der Waals surface area contributed by atoms with Crippen molar-refractivity contribution in [3.63, 3.8) is 0 Å². The molecule has 0 aromatic carbocycles. The highest BCUT2D eigenvalue weighted by atomic mass is 16.6. The van der Waals surface area contributed by atoms with Gasteiger partial charge in [0.2, 0.25) is 0 Å². The van der Waals surface area contributed by atoms with Gasteiger partial charge in [-0.05, 0) is 25.2 Å². The first-order valence-corrected chi connectivity index (χ1v) is 23.4. The number of hydrogen-bond acceptors (Lipinski definition) is 6. The van der Waals surface area contributed by atoms with E-state index < -0.39 is 6.10 Å². The molecule has 0 aliphatic carbocycles. The van der Waals surface area contributed by atoms with Gasteiger partial charge in [0.05, 0.1) is 0 Å². The average Bonchev–Trinajstić information content (AvgIpc) is 3.14. The third-order valence-corrected chi connectivity index (χ3v) is 10.5. The minimum atomic E-state index is -0.758. The summed E-state index contributed by atoms with van der Waals surface area (Å²) in [5, 5.41) is 0. The Kier molecular flexibility index (Phi) is 40.3. The Hall–Kier alpha value is -1.59. The van der Waals surface area contributed by atoms with Gasteiger partial charge in [-0.3, -0.25) is 14.4 Å². The fourth-order valence-electron chi connectivity index (χ4n) is 6.98. The summed E-state index contributed by atoms with van der Waals surface area (Å²) >= 11 is 0. The van der Waals surface area contributed by atoms with Crippen LogP contribution in [-0.2, 0) is 28.6 Å². The summed E-state index contributed by atoms with van der Waals surface area (Å²) in [7, 11) is 0. The molecule has 53 heavy (non-hydrogen) atoms. The van der Waals surface area contributed by atoms with E-state index in [1.165, 1.54) is 154 Å². The quantitative estimate of drug-likeness (QED) is 0.0351. The second-order valence-electron chi connectivity index (χ2n) is 16.5. The standard InChI is InChI=1S/C47H90O6/c1-5-7-9-11-13-14-19-24-28-32-36-40-47(50)53-44(41-51-45(48)38-34-30-25-12-10-8-6-2)42-52-46(49)39-35-31-27-23-21-18-16-15-17-20-22-26-29-33-37-43(3)4/h43-44H,5-42H2,1-4H3/t44-/m1/s1. The maximum Gasteiger partial charge on any atom is 0.306 e. The van der Waals surface area contributed by atoms with E-state index in [4.69, 9.17) is 14.2 Å². The van der Waals surface area contributed by atoms with Crippen molar-refractivity contribution in [3.05, 3.63) is 0 Å². The molecular formula is C47H90O6. The van der Waals surface area contributed by atoms with E-state index in [2.05, 4.69) is 27.7 Å². The lowest BCUT2D eigenvalue weighted by molar-refractivity contribution is -0.167. The third-order valence-electron chi connectivity index (χ3n) is 10.5. The van der Waals surface area contributed by atoms with Gasteiger partial charge in [-0.25, -0.2) is 0 Å². The van der Waals surface area contributed by atoms with Crippen molar-refractivity contribution >= 4 is 17.9 Å². The normalized spacial score (nSPS) is 11.9. The lowest BCUT2D eigenvalue weighted by Gasteiger charge is -2.18. The number of hydrogen-bond donors (Lipinski definition) is 0. The van der Waals surface area contributed by atoms with Gasteiger partial charge in [0, 0.05) is 19.3 Å². The molecule has 6 heteroatoms. The van der Waals surface area contributed by atoms with Crippen molar-refractivity contribution in [2.24, 2.45) is 5.92 Å². The molecule has 314 valence electrons. The van der Waals surface area contributed by atoms with E-state index in [1.54, 1.807) is 0 Å². The van der Waals surface area contributed by atoms with Gasteiger partial charge in [0.25, 0.3) is 0 Å². The van der Waals surface area contributed by atoms with Crippen molar-refractivity contribution in [1.82, 2.24) is 0 Å². The van der Waals surface area contributed by atoms with Gasteiger partial charge in [-0.15, -0.1) is 0 Å². The Bertz CT molecular complexity index is 796. The molecule has 0 N–H and O–H groups in total. The molecule has 0 rings (SSSR count). The number of carbonyl (C=O) groups is 3. The summed E-state index contributed by atoms with van der Waals surface area (Å²) in [6.45, 7) is 8.97. The first-order valence-electron chi connectivity index (χ1n) is 23.4. The highest BCUT2D eigenvalue weighted by molar-refractivity contribution is 5.71. The summed E-state index contributed by atoms with van der Waals surface area (Å²) < 4.78 is 16.7. The highest BCUT2D eigenvalue weighted by Gasteiger charge is 2.19. The van der Waals surface area contributed by atoms with Gasteiger partial charge in [-0.1, -0.05) is 220 Å². The number of rotatable bonds is 42. The van der Waals surface area contributed by atoms with Gasteiger partial charge in [0.15, 0.2) is 6.10 Å². The Morgan fingerprint density at radius 2 is 0.623 bits per heavy atom. The van der Waals surface area contributed by atoms with Crippen LogP contribution in [0.1, 0.15) is 259 Å². The zero-order valence-corrected chi connectivity index (χ0v) is 36.0. The van der Waals surface area contributed by atoms with Crippen LogP contribution < -0.4 is 0 Å². The maximum absolute atomic E-state index is 12.7. The fraction of sp³-hybridized carbons (Fsp3) is 0.936. The molecule has 0 bridgehead atoms. The van der Waals surface area contributed by atoms with E-state index in [1.807, 2.05) is 0 Å². The molecule has 0 saturated carbocycles. The van der Waals surface area contributed by atoms with Gasteiger partial charge in [0.1, 0.15) is 13.2 Å². The molecule has 0 heterocycles. The SMILES string of the molecule is CCCCCCCCCCCCCC(=O)O[C@H](COC(=O)CCCCCCCCC)COC(=O)CCCCCCCCCCCCCCCCC(C)C. The topological polar surface area (TPSA) is 78.9 Å². The Balaban J connectivity index is 4.20. The molecule has 0 spiro atoms. The Morgan fingerprint density at radius 3 is 0.925 bits per heavy atom. The van der Waals surface area contributed by atoms with Crippen LogP contribution >= 0.6 is 0 Å². The van der Waals surface area contributed by atoms with E-state index in [0.29, 0.717) is 19.3 Å². The van der Waals surface area contributed by atoms with Gasteiger partial charge < -0.3 is 14.2 Å². The molecule has 0 aliphatic rings. The second-order valence-corrected chi connectivity index (χ2v) is 16.5. The van der Waals surface area contributed by atoms with Crippen LogP contribution in [0, 0.1) is 5.92 Å². The van der Waals surface area contributed by atoms with E-state index in [0.717, 1.165) is 63.7 Å². The van der Waals surface area contributed by atoms with Crippen LogP contribution in [0.15, 0.2) is 0 Å². The predicted molar refractivity (Wildman–Crippen MR) is 224 cm³/mol.